The molecule has 1 aromatic rings. The third-order valence-electron chi connectivity index (χ3n) is 1.07. The summed E-state index contributed by atoms with van der Waals surface area (Å²) in [5.74, 6) is -0.512. The monoisotopic (exact) mass is 282 g/mol. The van der Waals surface area contributed by atoms with Crippen LogP contribution in [-0.2, 0) is 4.74 Å². The quantitative estimate of drug-likeness (QED) is 0.647. The summed E-state index contributed by atoms with van der Waals surface area (Å²) in [6, 6.07) is -0.0255. The highest BCUT2D eigenvalue weighted by atomic mass is 127. The van der Waals surface area contributed by atoms with E-state index < -0.39 is 5.97 Å². The SMILES string of the molecule is CCOC(=O)c1nc(N)oc1I. The van der Waals surface area contributed by atoms with E-state index in [0.717, 1.165) is 0 Å². The number of hydrogen-bond donors (Lipinski definition) is 1. The number of carbonyl (C=O) groups is 1. The molecule has 0 aliphatic rings. The average Bonchev–Trinajstić information content (AvgIpc) is 2.30. The molecule has 0 saturated carbocycles. The van der Waals surface area contributed by atoms with E-state index in [4.69, 9.17) is 14.9 Å². The van der Waals surface area contributed by atoms with Gasteiger partial charge in [0.15, 0.2) is 0 Å². The minimum absolute atomic E-state index is 0.0255. The molecule has 0 radical (unpaired) electrons. The van der Waals surface area contributed by atoms with Gasteiger partial charge in [-0.3, -0.25) is 0 Å². The van der Waals surface area contributed by atoms with Gasteiger partial charge in [0.2, 0.25) is 9.46 Å². The van der Waals surface area contributed by atoms with Gasteiger partial charge >= 0.3 is 5.97 Å². The molecule has 6 heteroatoms. The number of aromatic nitrogens is 1. The highest BCUT2D eigenvalue weighted by Gasteiger charge is 2.17. The molecule has 0 unspecified atom stereocenters. The van der Waals surface area contributed by atoms with Crippen molar-refractivity contribution in [2.75, 3.05) is 12.3 Å². The van der Waals surface area contributed by atoms with Crippen molar-refractivity contribution in [3.63, 3.8) is 0 Å². The first-order valence-corrected chi connectivity index (χ1v) is 4.32. The first-order valence-electron chi connectivity index (χ1n) is 3.24. The van der Waals surface area contributed by atoms with Crippen LogP contribution in [0.1, 0.15) is 17.4 Å². The fourth-order valence-electron chi connectivity index (χ4n) is 0.642. The number of nitrogens with zero attached hydrogens (tertiary/aromatic N) is 1. The molecule has 0 spiro atoms. The molecule has 0 bridgehead atoms. The van der Waals surface area contributed by atoms with Crippen molar-refractivity contribution < 1.29 is 13.9 Å². The van der Waals surface area contributed by atoms with Crippen molar-refractivity contribution >= 4 is 34.6 Å². The van der Waals surface area contributed by atoms with Gasteiger partial charge in [-0.1, -0.05) is 0 Å². The maximum Gasteiger partial charge on any atom is 0.361 e. The minimum Gasteiger partial charge on any atom is -0.461 e. The third-order valence-corrected chi connectivity index (χ3v) is 1.80. The van der Waals surface area contributed by atoms with Gasteiger partial charge in [-0.25, -0.2) is 4.79 Å². The van der Waals surface area contributed by atoms with Gasteiger partial charge in [0, 0.05) is 22.6 Å². The highest BCUT2D eigenvalue weighted by molar-refractivity contribution is 14.1. The van der Waals surface area contributed by atoms with Crippen LogP contribution < -0.4 is 5.73 Å². The molecular weight excluding hydrogens is 275 g/mol. The van der Waals surface area contributed by atoms with Crippen molar-refractivity contribution in [2.45, 2.75) is 6.92 Å². The second-order valence-electron chi connectivity index (χ2n) is 1.89. The first-order chi connectivity index (χ1) is 5.65. The smallest absolute Gasteiger partial charge is 0.361 e. The minimum atomic E-state index is -0.512. The summed E-state index contributed by atoms with van der Waals surface area (Å²) < 4.78 is 9.89. The normalized spacial score (nSPS) is 9.83. The lowest BCUT2D eigenvalue weighted by Crippen LogP contribution is -2.06. The topological polar surface area (TPSA) is 78.3 Å². The number of esters is 1. The molecule has 66 valence electrons. The van der Waals surface area contributed by atoms with E-state index in [1.165, 1.54) is 0 Å². The van der Waals surface area contributed by atoms with Gasteiger partial charge in [0.1, 0.15) is 0 Å². The lowest BCUT2D eigenvalue weighted by molar-refractivity contribution is 0.0518. The van der Waals surface area contributed by atoms with Crippen LogP contribution in [0.2, 0.25) is 0 Å². The standard InChI is InChI=1S/C6H7IN2O3/c1-2-11-5(10)3-4(7)12-6(8)9-3/h2H2,1H3,(H2,8,9). The van der Waals surface area contributed by atoms with Crippen LogP contribution in [0.15, 0.2) is 4.42 Å². The number of ether oxygens (including phenoxy) is 1. The van der Waals surface area contributed by atoms with Crippen molar-refractivity contribution in [1.82, 2.24) is 4.98 Å². The first kappa shape index (κ1) is 9.30. The molecule has 0 saturated heterocycles. The van der Waals surface area contributed by atoms with E-state index in [0.29, 0.717) is 10.4 Å². The molecule has 0 aliphatic carbocycles. The molecular formula is C6H7IN2O3. The van der Waals surface area contributed by atoms with Crippen molar-refractivity contribution in [3.05, 3.63) is 9.46 Å². The van der Waals surface area contributed by atoms with E-state index in [2.05, 4.69) is 4.98 Å². The molecule has 0 atom stereocenters. The summed E-state index contributed by atoms with van der Waals surface area (Å²) in [6.45, 7) is 2.02. The molecule has 1 aromatic heterocycles. The number of anilines is 1. The molecule has 5 nitrogen and oxygen atoms in total. The Morgan fingerprint density at radius 1 is 1.83 bits per heavy atom. The Labute approximate surface area is 82.4 Å². The summed E-state index contributed by atoms with van der Waals surface area (Å²) in [4.78, 5) is 14.7. The third kappa shape index (κ3) is 1.87. The molecule has 1 rings (SSSR count). The number of oxazole rings is 1. The Morgan fingerprint density at radius 2 is 2.50 bits per heavy atom. The number of nitrogen functional groups attached to an aromatic ring is 1. The molecule has 1 heterocycles. The maximum absolute atomic E-state index is 11.1. The molecule has 0 fully saturated rings. The van der Waals surface area contributed by atoms with Gasteiger partial charge in [-0.05, 0) is 6.92 Å². The predicted molar refractivity (Wildman–Crippen MR) is 49.6 cm³/mol. The maximum atomic E-state index is 11.1. The van der Waals surface area contributed by atoms with E-state index in [9.17, 15) is 4.79 Å². The number of carbonyl (C=O) groups excluding carboxylic acids is 1. The highest BCUT2D eigenvalue weighted by Crippen LogP contribution is 2.15. The summed E-state index contributed by atoms with van der Waals surface area (Å²) in [6.07, 6.45) is 0. The van der Waals surface area contributed by atoms with Crippen LogP contribution in [0.3, 0.4) is 0 Å². The van der Waals surface area contributed by atoms with Crippen LogP contribution >= 0.6 is 22.6 Å². The largest absolute Gasteiger partial charge is 0.461 e. The lowest BCUT2D eigenvalue weighted by atomic mass is 10.5. The Hall–Kier alpha value is -0.790. The van der Waals surface area contributed by atoms with Gasteiger partial charge in [-0.2, -0.15) is 4.98 Å². The number of hydrogen-bond acceptors (Lipinski definition) is 5. The zero-order chi connectivity index (χ0) is 9.14. The summed E-state index contributed by atoms with van der Waals surface area (Å²) in [5.41, 5.74) is 5.36. The molecule has 0 amide bonds. The predicted octanol–water partition coefficient (Wildman–Crippen LogP) is 1.04. The van der Waals surface area contributed by atoms with E-state index in [-0.39, 0.29) is 11.7 Å². The number of rotatable bonds is 2. The van der Waals surface area contributed by atoms with Crippen LogP contribution in [-0.4, -0.2) is 17.6 Å². The molecule has 0 aliphatic heterocycles. The second kappa shape index (κ2) is 3.74. The van der Waals surface area contributed by atoms with Gasteiger partial charge in [-0.15, -0.1) is 0 Å². The summed E-state index contributed by atoms with van der Waals surface area (Å²) >= 11 is 1.83. The zero-order valence-electron chi connectivity index (χ0n) is 6.33. The molecule has 2 N–H and O–H groups in total. The Bertz CT molecular complexity index is 297. The number of nitrogens with two attached hydrogens (primary N) is 1. The van der Waals surface area contributed by atoms with Crippen LogP contribution in [0.5, 0.6) is 0 Å². The van der Waals surface area contributed by atoms with Crippen molar-refractivity contribution in [3.8, 4) is 0 Å². The Kier molecular flexibility index (Phi) is 2.90. The van der Waals surface area contributed by atoms with Crippen molar-refractivity contribution in [1.29, 1.82) is 0 Å². The van der Waals surface area contributed by atoms with Gasteiger partial charge in [0.25, 0.3) is 6.01 Å². The fourth-order valence-corrected chi connectivity index (χ4v) is 1.21. The van der Waals surface area contributed by atoms with Crippen LogP contribution in [0.25, 0.3) is 0 Å². The fraction of sp³-hybridized carbons (Fsp3) is 0.333. The molecule has 0 aromatic carbocycles. The summed E-state index contributed by atoms with van der Waals surface area (Å²) in [7, 11) is 0. The average molecular weight is 282 g/mol. The van der Waals surface area contributed by atoms with E-state index in [1.807, 2.05) is 22.6 Å². The van der Waals surface area contributed by atoms with E-state index >= 15 is 0 Å². The van der Waals surface area contributed by atoms with Crippen molar-refractivity contribution in [2.24, 2.45) is 0 Å². The molecule has 12 heavy (non-hydrogen) atoms. The number of halogens is 1. The second-order valence-corrected chi connectivity index (χ2v) is 2.87. The van der Waals surface area contributed by atoms with Crippen LogP contribution in [0, 0.1) is 3.77 Å². The lowest BCUT2D eigenvalue weighted by Gasteiger charge is -1.95. The van der Waals surface area contributed by atoms with Gasteiger partial charge in [0.05, 0.1) is 6.61 Å². The van der Waals surface area contributed by atoms with Crippen LogP contribution in [0.4, 0.5) is 6.01 Å². The Balaban J connectivity index is 2.87. The zero-order valence-corrected chi connectivity index (χ0v) is 8.49. The van der Waals surface area contributed by atoms with E-state index in [1.54, 1.807) is 6.92 Å². The summed E-state index contributed by atoms with van der Waals surface area (Å²) in [5, 5.41) is 0. The Morgan fingerprint density at radius 3 is 2.92 bits per heavy atom. The van der Waals surface area contributed by atoms with Gasteiger partial charge < -0.3 is 14.9 Å².